The molecule has 0 aliphatic heterocycles. The molecule has 0 bridgehead atoms. The monoisotopic (exact) mass is 432 g/mol. The minimum Gasteiger partial charge on any atom is -0.290 e. The summed E-state index contributed by atoms with van der Waals surface area (Å²) in [5.74, 6) is 1.97. The van der Waals surface area contributed by atoms with Crippen LogP contribution in [0.25, 0.3) is 0 Å². The average molecular weight is 433 g/mol. The van der Waals surface area contributed by atoms with Gasteiger partial charge < -0.3 is 0 Å². The first-order valence-corrected chi connectivity index (χ1v) is 13.0. The van der Waals surface area contributed by atoms with Crippen LogP contribution in [0.5, 0.6) is 0 Å². The Bertz CT molecular complexity index is 1020. The molecule has 0 amide bonds. The number of hydrogen-bond acceptors (Lipinski definition) is 2. The van der Waals surface area contributed by atoms with Gasteiger partial charge in [0.25, 0.3) is 0 Å². The molecular weight excluding hydrogens is 392 g/mol. The Hall–Kier alpha value is -1.70. The molecule has 5 rings (SSSR count). The summed E-state index contributed by atoms with van der Waals surface area (Å²) in [4.78, 5) is 27.6. The van der Waals surface area contributed by atoms with Crippen molar-refractivity contribution in [2.24, 2.45) is 34.0 Å². The number of fused-ring (bicyclic) bond motifs is 2. The molecule has 0 saturated carbocycles. The minimum absolute atomic E-state index is 0.0305. The number of carbonyl (C=O) groups excluding carboxylic acids is 2. The number of hydrogen-bond donors (Lipinski definition) is 0. The van der Waals surface area contributed by atoms with Gasteiger partial charge in [0.1, 0.15) is 0 Å². The second-order valence-corrected chi connectivity index (χ2v) is 12.4. The van der Waals surface area contributed by atoms with Crippen molar-refractivity contribution in [3.63, 3.8) is 0 Å². The zero-order valence-corrected chi connectivity index (χ0v) is 20.9. The van der Waals surface area contributed by atoms with E-state index in [0.29, 0.717) is 23.5 Å². The minimum atomic E-state index is -0.316. The highest BCUT2D eigenvalue weighted by Gasteiger charge is 2.54. The fourth-order valence-corrected chi connectivity index (χ4v) is 7.82. The molecule has 0 fully saturated rings. The predicted octanol–water partition coefficient (Wildman–Crippen LogP) is 7.32. The van der Waals surface area contributed by atoms with Crippen LogP contribution in [0.3, 0.4) is 0 Å². The fraction of sp³-hybridized carbons (Fsp3) is 0.667. The second kappa shape index (κ2) is 7.15. The maximum absolute atomic E-state index is 14.2. The smallest absolute Gasteiger partial charge is 0.186 e. The Labute approximate surface area is 194 Å². The Morgan fingerprint density at radius 3 is 2.06 bits per heavy atom. The zero-order chi connectivity index (χ0) is 23.1. The van der Waals surface area contributed by atoms with Gasteiger partial charge in [0, 0.05) is 33.0 Å². The van der Waals surface area contributed by atoms with E-state index in [9.17, 15) is 9.59 Å². The SMILES string of the molecule is C[C@@H]1CC[C@](C)(C2=CC(=O)C3=CCC[C@@H](C)[C@]3(C)C2)C2=C1C[C@]1(C)C(=CCC[C@H]1C)C2=O. The Morgan fingerprint density at radius 1 is 0.812 bits per heavy atom. The lowest BCUT2D eigenvalue weighted by Gasteiger charge is -2.53. The summed E-state index contributed by atoms with van der Waals surface area (Å²) in [7, 11) is 0. The summed E-state index contributed by atoms with van der Waals surface area (Å²) in [6, 6.07) is 0. The standard InChI is InChI=1S/C30H40O2/c1-18-13-14-28(4,21-15-25(31)23-11-7-9-19(2)29(23,5)16-21)26-22(18)17-30(6)20(3)10-8-12-24(30)27(26)32/h11-12,15,18-20H,7-10,13-14,16-17H2,1-6H3/t18-,19-,20-,28-,29+,30+/m1/s1. The van der Waals surface area contributed by atoms with E-state index >= 15 is 0 Å². The summed E-state index contributed by atoms with van der Waals surface area (Å²) < 4.78 is 0. The first kappa shape index (κ1) is 22.1. The molecule has 0 radical (unpaired) electrons. The predicted molar refractivity (Wildman–Crippen MR) is 130 cm³/mol. The average Bonchev–Trinajstić information content (AvgIpc) is 2.73. The van der Waals surface area contributed by atoms with Gasteiger partial charge in [-0.15, -0.1) is 0 Å². The van der Waals surface area contributed by atoms with Crippen molar-refractivity contribution < 1.29 is 9.59 Å². The van der Waals surface area contributed by atoms with Gasteiger partial charge in [-0.2, -0.15) is 0 Å². The number of Topliss-reactive ketones (excluding diaryl/α,β-unsaturated/α-hetero) is 1. The Morgan fingerprint density at radius 2 is 1.41 bits per heavy atom. The van der Waals surface area contributed by atoms with Crippen LogP contribution in [0.1, 0.15) is 92.9 Å². The normalized spacial score (nSPS) is 44.2. The van der Waals surface area contributed by atoms with E-state index in [1.807, 2.05) is 6.08 Å². The zero-order valence-electron chi connectivity index (χ0n) is 20.9. The van der Waals surface area contributed by atoms with Crippen LogP contribution in [0.15, 0.2) is 46.1 Å². The molecule has 0 saturated heterocycles. The van der Waals surface area contributed by atoms with Gasteiger partial charge in [-0.25, -0.2) is 0 Å². The third kappa shape index (κ3) is 2.83. The molecule has 5 aliphatic rings. The topological polar surface area (TPSA) is 34.1 Å². The number of allylic oxidation sites excluding steroid dienone is 8. The van der Waals surface area contributed by atoms with Crippen LogP contribution < -0.4 is 0 Å². The molecular formula is C30H40O2. The van der Waals surface area contributed by atoms with Crippen molar-refractivity contribution in [2.45, 2.75) is 92.9 Å². The van der Waals surface area contributed by atoms with E-state index < -0.39 is 0 Å². The lowest BCUT2D eigenvalue weighted by atomic mass is 9.50. The van der Waals surface area contributed by atoms with Gasteiger partial charge in [-0.1, -0.05) is 64.8 Å². The summed E-state index contributed by atoms with van der Waals surface area (Å²) in [6.07, 6.45) is 14.7. The molecule has 5 aliphatic carbocycles. The maximum Gasteiger partial charge on any atom is 0.186 e. The first-order valence-electron chi connectivity index (χ1n) is 13.0. The van der Waals surface area contributed by atoms with E-state index in [0.717, 1.165) is 61.7 Å². The highest BCUT2D eigenvalue weighted by atomic mass is 16.1. The lowest BCUT2D eigenvalue weighted by molar-refractivity contribution is -0.116. The molecule has 6 atom stereocenters. The molecule has 172 valence electrons. The van der Waals surface area contributed by atoms with E-state index in [-0.39, 0.29) is 22.0 Å². The molecule has 0 aromatic carbocycles. The van der Waals surface area contributed by atoms with Gasteiger partial charge in [-0.05, 0) is 75.2 Å². The molecule has 0 N–H and O–H groups in total. The van der Waals surface area contributed by atoms with Gasteiger partial charge in [-0.3, -0.25) is 9.59 Å². The summed E-state index contributed by atoms with van der Waals surface area (Å²) in [5.41, 5.74) is 5.32. The van der Waals surface area contributed by atoms with Crippen molar-refractivity contribution in [2.75, 3.05) is 0 Å². The van der Waals surface area contributed by atoms with Crippen LogP contribution in [0, 0.1) is 34.0 Å². The van der Waals surface area contributed by atoms with Crippen molar-refractivity contribution in [1.82, 2.24) is 0 Å². The Kier molecular flexibility index (Phi) is 4.94. The van der Waals surface area contributed by atoms with Crippen LogP contribution >= 0.6 is 0 Å². The summed E-state index contributed by atoms with van der Waals surface area (Å²) in [6.45, 7) is 13.9. The summed E-state index contributed by atoms with van der Waals surface area (Å²) >= 11 is 0. The Balaban J connectivity index is 1.65. The molecule has 0 aromatic heterocycles. The van der Waals surface area contributed by atoms with Gasteiger partial charge in [0.15, 0.2) is 11.6 Å². The van der Waals surface area contributed by atoms with Crippen molar-refractivity contribution >= 4 is 11.6 Å². The third-order valence-electron chi connectivity index (χ3n) is 10.7. The fourth-order valence-electron chi connectivity index (χ4n) is 7.82. The summed E-state index contributed by atoms with van der Waals surface area (Å²) in [5, 5.41) is 0. The quantitative estimate of drug-likeness (QED) is 0.435. The molecule has 0 aromatic rings. The molecule has 0 spiro atoms. The largest absolute Gasteiger partial charge is 0.290 e. The molecule has 0 unspecified atom stereocenters. The van der Waals surface area contributed by atoms with E-state index in [2.05, 4.69) is 53.7 Å². The van der Waals surface area contributed by atoms with Crippen molar-refractivity contribution in [3.8, 4) is 0 Å². The van der Waals surface area contributed by atoms with Crippen LogP contribution in [-0.4, -0.2) is 11.6 Å². The van der Waals surface area contributed by atoms with E-state index in [1.54, 1.807) is 0 Å². The molecule has 2 nitrogen and oxygen atoms in total. The number of ketones is 2. The third-order valence-corrected chi connectivity index (χ3v) is 10.7. The van der Waals surface area contributed by atoms with Crippen LogP contribution in [0.4, 0.5) is 0 Å². The molecule has 32 heavy (non-hydrogen) atoms. The highest BCUT2D eigenvalue weighted by Crippen LogP contribution is 2.62. The van der Waals surface area contributed by atoms with Crippen molar-refractivity contribution in [1.29, 1.82) is 0 Å². The number of carbonyl (C=O) groups is 2. The van der Waals surface area contributed by atoms with Gasteiger partial charge in [0.05, 0.1) is 0 Å². The second-order valence-electron chi connectivity index (χ2n) is 12.4. The van der Waals surface area contributed by atoms with Crippen molar-refractivity contribution in [3.05, 3.63) is 46.1 Å². The number of rotatable bonds is 1. The van der Waals surface area contributed by atoms with Crippen LogP contribution in [0.2, 0.25) is 0 Å². The maximum atomic E-state index is 14.2. The van der Waals surface area contributed by atoms with Crippen LogP contribution in [-0.2, 0) is 9.59 Å². The first-order chi connectivity index (χ1) is 15.0. The van der Waals surface area contributed by atoms with E-state index in [1.165, 1.54) is 17.6 Å². The highest BCUT2D eigenvalue weighted by molar-refractivity contribution is 6.13. The molecule has 2 heteroatoms. The molecule has 0 heterocycles. The van der Waals surface area contributed by atoms with Gasteiger partial charge >= 0.3 is 0 Å². The lowest BCUT2D eigenvalue weighted by Crippen LogP contribution is -2.47. The van der Waals surface area contributed by atoms with Gasteiger partial charge in [0.2, 0.25) is 0 Å². The van der Waals surface area contributed by atoms with E-state index in [4.69, 9.17) is 0 Å².